The van der Waals surface area contributed by atoms with Crippen molar-refractivity contribution >= 4 is 23.1 Å². The fourth-order valence-electron chi connectivity index (χ4n) is 1.84. The first-order valence-corrected chi connectivity index (χ1v) is 7.51. The molecule has 1 aliphatic rings. The van der Waals surface area contributed by atoms with Gasteiger partial charge >= 0.3 is 5.97 Å². The molecule has 4 nitrogen and oxygen atoms in total. The molecule has 1 aliphatic carbocycles. The Kier molecular flexibility index (Phi) is 4.97. The summed E-state index contributed by atoms with van der Waals surface area (Å²) in [5.74, 6) is 5.54. The molecule has 0 atom stereocenters. The second kappa shape index (κ2) is 6.76. The highest BCUT2D eigenvalue weighted by Gasteiger charge is 2.20. The van der Waals surface area contributed by atoms with Gasteiger partial charge in [0.2, 0.25) is 0 Å². The van der Waals surface area contributed by atoms with Gasteiger partial charge in [0.15, 0.2) is 0 Å². The SMILES string of the molecule is CC(C)(C)OC1=C(C#Cc2ccc(C(=O)O)cn2)C=CCC1=S. The largest absolute Gasteiger partial charge is 0.486 e. The van der Waals surface area contributed by atoms with Crippen LogP contribution < -0.4 is 0 Å². The molecule has 1 aromatic heterocycles. The molecule has 118 valence electrons. The molecular weight excluding hydrogens is 310 g/mol. The Bertz CT molecular complexity index is 756. The number of nitrogens with zero attached hydrogens (tertiary/aromatic N) is 1. The molecule has 0 radical (unpaired) electrons. The monoisotopic (exact) mass is 327 g/mol. The molecule has 0 spiro atoms. The number of rotatable bonds is 2. The summed E-state index contributed by atoms with van der Waals surface area (Å²) in [4.78, 5) is 15.6. The maximum absolute atomic E-state index is 10.8. The number of carbonyl (C=O) groups is 1. The van der Waals surface area contributed by atoms with Crippen molar-refractivity contribution in [3.05, 3.63) is 53.1 Å². The van der Waals surface area contributed by atoms with Gasteiger partial charge in [-0.2, -0.15) is 0 Å². The van der Waals surface area contributed by atoms with Crippen molar-refractivity contribution in [3.63, 3.8) is 0 Å². The lowest BCUT2D eigenvalue weighted by Crippen LogP contribution is -2.23. The number of carboxylic acid groups (broad SMARTS) is 1. The zero-order chi connectivity index (χ0) is 17.0. The summed E-state index contributed by atoms with van der Waals surface area (Å²) in [5.41, 5.74) is 0.965. The number of ether oxygens (including phenoxy) is 1. The van der Waals surface area contributed by atoms with Crippen molar-refractivity contribution in [1.82, 2.24) is 4.98 Å². The number of aromatic nitrogens is 1. The number of hydrogen-bond donors (Lipinski definition) is 1. The van der Waals surface area contributed by atoms with E-state index in [1.54, 1.807) is 6.07 Å². The Hall–Kier alpha value is -2.45. The van der Waals surface area contributed by atoms with Crippen LogP contribution in [-0.2, 0) is 4.74 Å². The molecule has 0 saturated heterocycles. The van der Waals surface area contributed by atoms with Gasteiger partial charge in [-0.3, -0.25) is 0 Å². The van der Waals surface area contributed by atoms with Gasteiger partial charge in [-0.25, -0.2) is 9.78 Å². The predicted octanol–water partition coefficient (Wildman–Crippen LogP) is 3.53. The summed E-state index contributed by atoms with van der Waals surface area (Å²) in [6, 6.07) is 3.05. The smallest absolute Gasteiger partial charge is 0.337 e. The van der Waals surface area contributed by atoms with Crippen molar-refractivity contribution in [2.45, 2.75) is 32.8 Å². The first-order valence-electron chi connectivity index (χ1n) is 7.11. The van der Waals surface area contributed by atoms with Gasteiger partial charge in [-0.1, -0.05) is 24.2 Å². The third-order valence-corrected chi connectivity index (χ3v) is 3.18. The van der Waals surface area contributed by atoms with Gasteiger partial charge in [0.05, 0.1) is 16.0 Å². The molecule has 0 aromatic carbocycles. The van der Waals surface area contributed by atoms with Crippen LogP contribution in [0.25, 0.3) is 0 Å². The zero-order valence-electron chi connectivity index (χ0n) is 13.2. The summed E-state index contributed by atoms with van der Waals surface area (Å²) in [5, 5.41) is 8.86. The fourth-order valence-corrected chi connectivity index (χ4v) is 2.09. The zero-order valence-corrected chi connectivity index (χ0v) is 14.0. The number of hydrogen-bond acceptors (Lipinski definition) is 4. The molecule has 0 bridgehead atoms. The van der Waals surface area contributed by atoms with Crippen LogP contribution in [0, 0.1) is 11.8 Å². The predicted molar refractivity (Wildman–Crippen MR) is 92.3 cm³/mol. The molecule has 23 heavy (non-hydrogen) atoms. The molecule has 0 saturated carbocycles. The van der Waals surface area contributed by atoms with Crippen LogP contribution in [0.4, 0.5) is 0 Å². The average Bonchev–Trinajstić information content (AvgIpc) is 2.47. The summed E-state index contributed by atoms with van der Waals surface area (Å²) in [6.45, 7) is 5.87. The molecule has 0 fully saturated rings. The first kappa shape index (κ1) is 16.9. The van der Waals surface area contributed by atoms with Gasteiger partial charge in [0.1, 0.15) is 17.1 Å². The van der Waals surface area contributed by atoms with Crippen LogP contribution >= 0.6 is 12.2 Å². The van der Waals surface area contributed by atoms with E-state index in [0.717, 1.165) is 4.86 Å². The summed E-state index contributed by atoms with van der Waals surface area (Å²) in [6.07, 6.45) is 5.78. The summed E-state index contributed by atoms with van der Waals surface area (Å²) >= 11 is 5.37. The van der Waals surface area contributed by atoms with Crippen LogP contribution in [0.5, 0.6) is 0 Å². The van der Waals surface area contributed by atoms with Gasteiger partial charge in [0.25, 0.3) is 0 Å². The standard InChI is InChI=1S/C18H17NO3S/c1-18(2,3)22-16-12(5-4-6-15(16)23)7-9-14-10-8-13(11-19-14)17(20)21/h4-5,8,10-11H,6H2,1-3H3,(H,20,21). The molecule has 2 rings (SSSR count). The van der Waals surface area contributed by atoms with Gasteiger partial charge in [-0.05, 0) is 44.9 Å². The highest BCUT2D eigenvalue weighted by Crippen LogP contribution is 2.23. The van der Waals surface area contributed by atoms with Crippen molar-refractivity contribution in [3.8, 4) is 11.8 Å². The minimum Gasteiger partial charge on any atom is -0.486 e. The van der Waals surface area contributed by atoms with Crippen LogP contribution in [0.15, 0.2) is 41.8 Å². The molecule has 0 aliphatic heterocycles. The Balaban J connectivity index is 2.32. The van der Waals surface area contributed by atoms with Gasteiger partial charge in [-0.15, -0.1) is 0 Å². The molecule has 0 amide bonds. The van der Waals surface area contributed by atoms with E-state index in [4.69, 9.17) is 22.1 Å². The normalized spacial score (nSPS) is 14.3. The number of allylic oxidation sites excluding steroid dienone is 4. The van der Waals surface area contributed by atoms with E-state index in [2.05, 4.69) is 16.8 Å². The van der Waals surface area contributed by atoms with E-state index >= 15 is 0 Å². The summed E-state index contributed by atoms with van der Waals surface area (Å²) < 4.78 is 5.93. The molecular formula is C18H17NO3S. The number of carboxylic acids is 1. The Morgan fingerprint density at radius 3 is 2.65 bits per heavy atom. The van der Waals surface area contributed by atoms with Crippen molar-refractivity contribution < 1.29 is 14.6 Å². The maximum Gasteiger partial charge on any atom is 0.337 e. The topological polar surface area (TPSA) is 59.4 Å². The number of pyridine rings is 1. The molecule has 0 unspecified atom stereocenters. The van der Waals surface area contributed by atoms with Crippen molar-refractivity contribution in [1.29, 1.82) is 0 Å². The Morgan fingerprint density at radius 1 is 1.35 bits per heavy atom. The Labute approximate surface area is 140 Å². The lowest BCUT2D eigenvalue weighted by atomic mass is 10.0. The third kappa shape index (κ3) is 4.76. The van der Waals surface area contributed by atoms with E-state index in [1.165, 1.54) is 12.3 Å². The minimum atomic E-state index is -1.01. The quantitative estimate of drug-likeness (QED) is 0.665. The molecule has 5 heteroatoms. The second-order valence-corrected chi connectivity index (χ2v) is 6.47. The van der Waals surface area contributed by atoms with Crippen LogP contribution in [0.1, 0.15) is 43.2 Å². The fraction of sp³-hybridized carbons (Fsp3) is 0.278. The number of thiocarbonyl (C=S) groups is 1. The Morgan fingerprint density at radius 2 is 2.09 bits per heavy atom. The van der Waals surface area contributed by atoms with Crippen LogP contribution in [0.2, 0.25) is 0 Å². The highest BCUT2D eigenvalue weighted by molar-refractivity contribution is 7.80. The van der Waals surface area contributed by atoms with Crippen LogP contribution in [0.3, 0.4) is 0 Å². The van der Waals surface area contributed by atoms with Crippen molar-refractivity contribution in [2.75, 3.05) is 0 Å². The van der Waals surface area contributed by atoms with E-state index in [9.17, 15) is 4.79 Å². The second-order valence-electron chi connectivity index (χ2n) is 5.97. The lowest BCUT2D eigenvalue weighted by Gasteiger charge is -2.25. The van der Waals surface area contributed by atoms with Gasteiger partial charge in [0, 0.05) is 12.6 Å². The molecule has 1 N–H and O–H groups in total. The maximum atomic E-state index is 10.8. The van der Waals surface area contributed by atoms with Crippen molar-refractivity contribution in [2.24, 2.45) is 0 Å². The first-order chi connectivity index (χ1) is 10.8. The minimum absolute atomic E-state index is 0.130. The van der Waals surface area contributed by atoms with E-state index < -0.39 is 5.97 Å². The summed E-state index contributed by atoms with van der Waals surface area (Å²) in [7, 11) is 0. The lowest BCUT2D eigenvalue weighted by molar-refractivity contribution is 0.0634. The van der Waals surface area contributed by atoms with E-state index in [1.807, 2.05) is 32.9 Å². The molecule has 1 heterocycles. The van der Waals surface area contributed by atoms with Gasteiger partial charge < -0.3 is 9.84 Å². The highest BCUT2D eigenvalue weighted by atomic mass is 32.1. The van der Waals surface area contributed by atoms with E-state index in [-0.39, 0.29) is 11.2 Å². The number of aromatic carboxylic acids is 1. The molecule has 1 aromatic rings. The van der Waals surface area contributed by atoms with Crippen LogP contribution in [-0.4, -0.2) is 26.5 Å². The average molecular weight is 327 g/mol. The van der Waals surface area contributed by atoms with E-state index in [0.29, 0.717) is 23.4 Å². The third-order valence-electron chi connectivity index (χ3n) is 2.83.